The molecule has 28 heavy (non-hydrogen) atoms. The van der Waals surface area contributed by atoms with Gasteiger partial charge in [-0.2, -0.15) is 0 Å². The van der Waals surface area contributed by atoms with Crippen LogP contribution in [0.3, 0.4) is 0 Å². The molecule has 3 rings (SSSR count). The summed E-state index contributed by atoms with van der Waals surface area (Å²) in [5, 5.41) is 11.9. The summed E-state index contributed by atoms with van der Waals surface area (Å²) in [6, 6.07) is 7.38. The van der Waals surface area contributed by atoms with E-state index in [0.29, 0.717) is 12.8 Å². The van der Waals surface area contributed by atoms with Crippen LogP contribution in [0.2, 0.25) is 0 Å². The zero-order valence-corrected chi connectivity index (χ0v) is 16.8. The Bertz CT molecular complexity index is 832. The second kappa shape index (κ2) is 9.66. The molecule has 1 saturated heterocycles. The van der Waals surface area contributed by atoms with E-state index in [1.54, 1.807) is 18.4 Å². The van der Waals surface area contributed by atoms with Crippen molar-refractivity contribution in [1.82, 2.24) is 20.9 Å². The van der Waals surface area contributed by atoms with Gasteiger partial charge in [0.05, 0.1) is 6.67 Å². The second-order valence-electron chi connectivity index (χ2n) is 7.06. The van der Waals surface area contributed by atoms with Crippen molar-refractivity contribution in [2.75, 3.05) is 26.8 Å². The number of carbonyl (C=O) groups excluding carboxylic acids is 3. The van der Waals surface area contributed by atoms with Crippen molar-refractivity contribution in [1.29, 1.82) is 0 Å². The van der Waals surface area contributed by atoms with E-state index < -0.39 is 6.04 Å². The summed E-state index contributed by atoms with van der Waals surface area (Å²) in [6.45, 7) is 1.73. The highest BCUT2D eigenvalue weighted by Crippen LogP contribution is 2.27. The van der Waals surface area contributed by atoms with Gasteiger partial charge in [0.25, 0.3) is 0 Å². The van der Waals surface area contributed by atoms with E-state index in [1.807, 2.05) is 29.6 Å². The molecule has 150 valence electrons. The Morgan fingerprint density at radius 2 is 2.07 bits per heavy atom. The molecule has 1 unspecified atom stereocenters. The second-order valence-corrected chi connectivity index (χ2v) is 7.97. The Balaban J connectivity index is 1.77. The van der Waals surface area contributed by atoms with Gasteiger partial charge in [-0.05, 0) is 48.3 Å². The minimum Gasteiger partial charge on any atom is -0.344 e. The number of carbonyl (C=O) groups is 3. The van der Waals surface area contributed by atoms with Crippen molar-refractivity contribution in [3.05, 3.63) is 35.2 Å². The predicted molar refractivity (Wildman–Crippen MR) is 110 cm³/mol. The van der Waals surface area contributed by atoms with Crippen LogP contribution in [-0.2, 0) is 20.8 Å². The predicted octanol–water partition coefficient (Wildman–Crippen LogP) is 1.09. The largest absolute Gasteiger partial charge is 0.344 e. The van der Waals surface area contributed by atoms with E-state index in [-0.39, 0.29) is 24.4 Å². The molecule has 2 heterocycles. The summed E-state index contributed by atoms with van der Waals surface area (Å²) in [7, 11) is 1.62. The number of nitrogens with zero attached hydrogens (tertiary/aromatic N) is 1. The Kier molecular flexibility index (Phi) is 7.00. The van der Waals surface area contributed by atoms with Crippen LogP contribution in [0, 0.1) is 5.92 Å². The normalized spacial score (nSPS) is 15.8. The first-order valence-electron chi connectivity index (χ1n) is 9.48. The van der Waals surface area contributed by atoms with Gasteiger partial charge in [0, 0.05) is 24.1 Å². The molecule has 0 radical (unpaired) electrons. The number of benzene rings is 1. The van der Waals surface area contributed by atoms with Crippen molar-refractivity contribution in [3.8, 4) is 0 Å². The van der Waals surface area contributed by atoms with Crippen molar-refractivity contribution in [2.24, 2.45) is 5.92 Å². The fourth-order valence-electron chi connectivity index (χ4n) is 3.50. The first-order chi connectivity index (χ1) is 13.6. The standard InChI is InChI=1S/C20H26N4O3S/c1-24(12-22-13-25)20(27)17(23-19(26)14-6-8-21-9-7-14)10-15-11-28-18-5-3-2-4-16(15)18/h2-5,11,13-14,17,21H,6-10,12H2,1H3,(H,22,25)(H,23,26). The number of hydrogen-bond donors (Lipinski definition) is 3. The molecule has 1 aromatic carbocycles. The number of fused-ring (bicyclic) bond motifs is 1. The fourth-order valence-corrected chi connectivity index (χ4v) is 4.48. The van der Waals surface area contributed by atoms with Crippen molar-refractivity contribution in [2.45, 2.75) is 25.3 Å². The fraction of sp³-hybridized carbons (Fsp3) is 0.450. The van der Waals surface area contributed by atoms with Gasteiger partial charge < -0.3 is 20.9 Å². The highest BCUT2D eigenvalue weighted by molar-refractivity contribution is 7.17. The van der Waals surface area contributed by atoms with E-state index in [2.05, 4.69) is 16.0 Å². The first-order valence-corrected chi connectivity index (χ1v) is 10.4. The molecular formula is C20H26N4O3S. The summed E-state index contributed by atoms with van der Waals surface area (Å²) in [5.41, 5.74) is 1.04. The van der Waals surface area contributed by atoms with E-state index in [4.69, 9.17) is 0 Å². The molecular weight excluding hydrogens is 376 g/mol. The maximum absolute atomic E-state index is 13.0. The van der Waals surface area contributed by atoms with Gasteiger partial charge in [-0.1, -0.05) is 18.2 Å². The molecule has 3 amide bonds. The zero-order valence-electron chi connectivity index (χ0n) is 15.9. The molecule has 1 aliphatic heterocycles. The maximum Gasteiger partial charge on any atom is 0.246 e. The third kappa shape index (κ3) is 4.88. The van der Waals surface area contributed by atoms with Crippen LogP contribution in [0.5, 0.6) is 0 Å². The number of nitrogens with one attached hydrogen (secondary N) is 3. The lowest BCUT2D eigenvalue weighted by atomic mass is 9.96. The molecule has 8 heteroatoms. The van der Waals surface area contributed by atoms with Crippen LogP contribution in [0.4, 0.5) is 0 Å². The van der Waals surface area contributed by atoms with Gasteiger partial charge >= 0.3 is 0 Å². The quantitative estimate of drug-likeness (QED) is 0.455. The van der Waals surface area contributed by atoms with Gasteiger partial charge in [-0.15, -0.1) is 11.3 Å². The summed E-state index contributed by atoms with van der Waals surface area (Å²) >= 11 is 1.63. The lowest BCUT2D eigenvalue weighted by molar-refractivity contribution is -0.137. The molecule has 0 spiro atoms. The summed E-state index contributed by atoms with van der Waals surface area (Å²) in [5.74, 6) is -0.364. The molecule has 1 fully saturated rings. The van der Waals surface area contributed by atoms with Crippen molar-refractivity contribution >= 4 is 39.6 Å². The minimum atomic E-state index is -0.668. The van der Waals surface area contributed by atoms with E-state index in [9.17, 15) is 14.4 Å². The van der Waals surface area contributed by atoms with Crippen LogP contribution >= 0.6 is 11.3 Å². The average molecular weight is 403 g/mol. The van der Waals surface area contributed by atoms with Crippen LogP contribution in [0.25, 0.3) is 10.1 Å². The third-order valence-electron chi connectivity index (χ3n) is 5.10. The Labute approximate surface area is 168 Å². The van der Waals surface area contributed by atoms with Gasteiger partial charge in [0.15, 0.2) is 0 Å². The molecule has 3 N–H and O–H groups in total. The number of thiophene rings is 1. The molecule has 0 bridgehead atoms. The van der Waals surface area contributed by atoms with Crippen LogP contribution in [0.1, 0.15) is 18.4 Å². The van der Waals surface area contributed by atoms with Gasteiger partial charge in [0.2, 0.25) is 18.2 Å². The zero-order chi connectivity index (χ0) is 19.9. The van der Waals surface area contributed by atoms with Gasteiger partial charge in [-0.3, -0.25) is 14.4 Å². The number of likely N-dealkylation sites (N-methyl/N-ethyl adjacent to an activating group) is 1. The molecule has 7 nitrogen and oxygen atoms in total. The van der Waals surface area contributed by atoms with E-state index in [1.165, 1.54) is 4.90 Å². The van der Waals surface area contributed by atoms with E-state index >= 15 is 0 Å². The molecule has 0 aliphatic carbocycles. The Morgan fingerprint density at radius 3 is 2.82 bits per heavy atom. The smallest absolute Gasteiger partial charge is 0.246 e. The van der Waals surface area contributed by atoms with E-state index in [0.717, 1.165) is 41.6 Å². The molecule has 2 aromatic rings. The summed E-state index contributed by atoms with van der Waals surface area (Å²) in [6.07, 6.45) is 2.52. The summed E-state index contributed by atoms with van der Waals surface area (Å²) in [4.78, 5) is 37.7. The lowest BCUT2D eigenvalue weighted by Gasteiger charge is -2.27. The van der Waals surface area contributed by atoms with Gasteiger partial charge in [0.1, 0.15) is 6.04 Å². The molecule has 0 saturated carbocycles. The first kappa shape index (κ1) is 20.3. The third-order valence-corrected chi connectivity index (χ3v) is 6.11. The molecule has 1 aliphatic rings. The Hall–Kier alpha value is -2.45. The monoisotopic (exact) mass is 402 g/mol. The number of hydrogen-bond acceptors (Lipinski definition) is 5. The molecule has 1 aromatic heterocycles. The topological polar surface area (TPSA) is 90.5 Å². The van der Waals surface area contributed by atoms with Gasteiger partial charge in [-0.25, -0.2) is 0 Å². The van der Waals surface area contributed by atoms with Crippen molar-refractivity contribution < 1.29 is 14.4 Å². The highest BCUT2D eigenvalue weighted by atomic mass is 32.1. The SMILES string of the molecule is CN(CNC=O)C(=O)C(Cc1csc2ccccc12)NC(=O)C1CCNCC1. The minimum absolute atomic E-state index is 0.0730. The average Bonchev–Trinajstić information content (AvgIpc) is 3.14. The Morgan fingerprint density at radius 1 is 1.32 bits per heavy atom. The van der Waals surface area contributed by atoms with Crippen LogP contribution in [-0.4, -0.2) is 56.0 Å². The lowest BCUT2D eigenvalue weighted by Crippen LogP contribution is -2.52. The summed E-state index contributed by atoms with van der Waals surface area (Å²) < 4.78 is 1.16. The number of amides is 3. The number of piperidine rings is 1. The van der Waals surface area contributed by atoms with Crippen LogP contribution < -0.4 is 16.0 Å². The number of rotatable bonds is 8. The highest BCUT2D eigenvalue weighted by Gasteiger charge is 2.29. The molecule has 1 atom stereocenters. The van der Waals surface area contributed by atoms with Crippen molar-refractivity contribution in [3.63, 3.8) is 0 Å². The van der Waals surface area contributed by atoms with Crippen LogP contribution in [0.15, 0.2) is 29.6 Å². The maximum atomic E-state index is 13.0.